The zero-order valence-electron chi connectivity index (χ0n) is 41.4. The summed E-state index contributed by atoms with van der Waals surface area (Å²) in [6.45, 7) is 14.3. The minimum Gasteiger partial charge on any atom is -0.351 e. The number of aryl methyl sites for hydroxylation is 2. The van der Waals surface area contributed by atoms with E-state index in [0.29, 0.717) is 0 Å². The molecular weight excluding hydrogens is 901 g/mol. The molecule has 1 atom stereocenters. The second kappa shape index (κ2) is 18.0. The maximum atomic E-state index is 4.91. The van der Waals surface area contributed by atoms with E-state index in [-0.39, 0.29) is 11.5 Å². The van der Waals surface area contributed by atoms with Crippen LogP contribution in [0.1, 0.15) is 48.7 Å². The molecule has 2 aliphatic heterocycles. The molecule has 18 heteroatoms. The Balaban J connectivity index is 0.657. The first-order valence-corrected chi connectivity index (χ1v) is 24.5. The van der Waals surface area contributed by atoms with Crippen molar-refractivity contribution in [2.45, 2.75) is 45.6 Å². The van der Waals surface area contributed by atoms with Crippen molar-refractivity contribution in [1.29, 1.82) is 0 Å². The van der Waals surface area contributed by atoms with Crippen LogP contribution >= 0.6 is 0 Å². The maximum absolute atomic E-state index is 4.91. The summed E-state index contributed by atoms with van der Waals surface area (Å²) in [5, 5.41) is 17.8. The number of hydrogen-bond donors (Lipinski definition) is 0. The van der Waals surface area contributed by atoms with Gasteiger partial charge in [0.05, 0.1) is 12.4 Å². The van der Waals surface area contributed by atoms with Gasteiger partial charge in [-0.1, -0.05) is 62.4 Å². The topological polar surface area (TPSA) is 161 Å². The van der Waals surface area contributed by atoms with Crippen LogP contribution in [0.4, 0.5) is 23.5 Å². The first-order chi connectivity index (χ1) is 35.0. The Morgan fingerprint density at radius 2 is 1.19 bits per heavy atom. The Hall–Kier alpha value is -8.54. The van der Waals surface area contributed by atoms with Crippen LogP contribution < -0.4 is 19.6 Å². The van der Waals surface area contributed by atoms with Crippen LogP contribution in [0.25, 0.3) is 44.4 Å². The Morgan fingerprint density at radius 3 is 1.86 bits per heavy atom. The molecule has 0 amide bonds. The van der Waals surface area contributed by atoms with Crippen molar-refractivity contribution >= 4 is 34.6 Å². The lowest BCUT2D eigenvalue weighted by molar-refractivity contribution is 0.537. The second-order valence-corrected chi connectivity index (χ2v) is 19.7. The summed E-state index contributed by atoms with van der Waals surface area (Å²) >= 11 is 0. The summed E-state index contributed by atoms with van der Waals surface area (Å²) in [5.74, 6) is 3.35. The van der Waals surface area contributed by atoms with Crippen LogP contribution in [-0.4, -0.2) is 121 Å². The van der Waals surface area contributed by atoms with Crippen LogP contribution in [0.5, 0.6) is 0 Å². The molecule has 12 rings (SSSR count). The fourth-order valence-electron chi connectivity index (χ4n) is 10.2. The standard InChI is InChI=1S/C54H56N18/c1-36-30-69(51-49-23-43(33-72(49)64-35-60-51)47-29-62-66(6)37(47)2)18-19-70(36)53-55-24-39(25-56-53)20-38-10-12-40(13-11-38)41-8-7-9-45(21-41)54(3,4)46-27-57-52(58-28-46)68-16-14-67(15-17-68)50-48-22-42(32-71(48)63-34-59-50)44-26-61-65(5)31-44/h7-13,21-29,31-36H,14-20,30H2,1-6H3/t36-/m1/s1. The van der Waals surface area contributed by atoms with Gasteiger partial charge < -0.3 is 19.6 Å². The number of nitrogens with zero attached hydrogens (tertiary/aromatic N) is 18. The first kappa shape index (κ1) is 44.7. The third kappa shape index (κ3) is 8.31. The molecular formula is C54H56N18. The zero-order chi connectivity index (χ0) is 49.1. The number of benzene rings is 2. The number of anilines is 4. The van der Waals surface area contributed by atoms with Gasteiger partial charge >= 0.3 is 0 Å². The smallest absolute Gasteiger partial charge is 0.225 e. The Morgan fingerprint density at radius 1 is 0.542 bits per heavy atom. The molecule has 0 saturated carbocycles. The van der Waals surface area contributed by atoms with E-state index < -0.39 is 0 Å². The van der Waals surface area contributed by atoms with Crippen molar-refractivity contribution in [3.05, 3.63) is 157 Å². The first-order valence-electron chi connectivity index (χ1n) is 24.5. The molecule has 0 unspecified atom stereocenters. The van der Waals surface area contributed by atoms with Crippen LogP contribution in [-0.2, 0) is 25.9 Å². The summed E-state index contributed by atoms with van der Waals surface area (Å²) in [4.78, 5) is 38.2. The lowest BCUT2D eigenvalue weighted by Gasteiger charge is -2.40. The molecule has 8 aromatic heterocycles. The molecule has 2 aliphatic rings. The average Bonchev–Trinajstić information content (AvgIpc) is 4.23. The van der Waals surface area contributed by atoms with E-state index >= 15 is 0 Å². The molecule has 10 aromatic rings. The predicted molar refractivity (Wildman–Crippen MR) is 279 cm³/mol. The van der Waals surface area contributed by atoms with Gasteiger partial charge in [0.25, 0.3) is 0 Å². The molecule has 0 radical (unpaired) electrons. The lowest BCUT2D eigenvalue weighted by Crippen LogP contribution is -2.53. The van der Waals surface area contributed by atoms with Gasteiger partial charge in [0.1, 0.15) is 23.7 Å². The van der Waals surface area contributed by atoms with E-state index in [9.17, 15) is 0 Å². The lowest BCUT2D eigenvalue weighted by atomic mass is 9.78. The van der Waals surface area contributed by atoms with Gasteiger partial charge in [0.15, 0.2) is 11.6 Å². The van der Waals surface area contributed by atoms with Crippen molar-refractivity contribution in [3.8, 4) is 33.4 Å². The van der Waals surface area contributed by atoms with E-state index in [1.165, 1.54) is 22.3 Å². The SMILES string of the molecule is Cc1c(-c2cc3c(N4CCN(c5ncc(Cc6ccc(-c7cccc(C(C)(C)c8cnc(N9CCN(c%10ncnn%11cc(-c%12cnn(C)c%12)cc%10%11)CC9)nc8)c7)cc6)cn5)[C@H](C)C4)ncnn3c2)cnn1C. The van der Waals surface area contributed by atoms with Crippen molar-refractivity contribution in [1.82, 2.24) is 68.7 Å². The molecule has 0 bridgehead atoms. The molecule has 0 aliphatic carbocycles. The van der Waals surface area contributed by atoms with Crippen molar-refractivity contribution in [2.75, 3.05) is 65.4 Å². The maximum Gasteiger partial charge on any atom is 0.225 e. The van der Waals surface area contributed by atoms with Crippen molar-refractivity contribution in [2.24, 2.45) is 14.1 Å². The largest absolute Gasteiger partial charge is 0.351 e. The summed E-state index contributed by atoms with van der Waals surface area (Å²) < 4.78 is 7.52. The third-order valence-corrected chi connectivity index (χ3v) is 14.7. The molecule has 362 valence electrons. The van der Waals surface area contributed by atoms with E-state index in [0.717, 1.165) is 126 Å². The number of rotatable bonds is 11. The molecule has 10 heterocycles. The highest BCUT2D eigenvalue weighted by atomic mass is 15.4. The van der Waals surface area contributed by atoms with E-state index in [1.807, 2.05) is 82.1 Å². The van der Waals surface area contributed by atoms with Gasteiger partial charge in [-0.2, -0.15) is 20.4 Å². The quantitative estimate of drug-likeness (QED) is 0.129. The molecule has 2 fully saturated rings. The molecule has 72 heavy (non-hydrogen) atoms. The van der Waals surface area contributed by atoms with Gasteiger partial charge in [-0.25, -0.2) is 38.9 Å². The number of hydrogen-bond acceptors (Lipinski definition) is 14. The van der Waals surface area contributed by atoms with Crippen molar-refractivity contribution in [3.63, 3.8) is 0 Å². The summed E-state index contributed by atoms with van der Waals surface area (Å²) in [7, 11) is 3.89. The van der Waals surface area contributed by atoms with Gasteiger partial charge in [-0.05, 0) is 59.4 Å². The highest BCUT2D eigenvalue weighted by molar-refractivity contribution is 5.79. The normalized spacial score (nSPS) is 15.6. The summed E-state index contributed by atoms with van der Waals surface area (Å²) in [5.41, 5.74) is 13.9. The van der Waals surface area contributed by atoms with Crippen molar-refractivity contribution < 1.29 is 0 Å². The second-order valence-electron chi connectivity index (χ2n) is 19.7. The van der Waals surface area contributed by atoms with Gasteiger partial charge in [-0.15, -0.1) is 0 Å². The number of fused-ring (bicyclic) bond motifs is 2. The minimum absolute atomic E-state index is 0.182. The van der Waals surface area contributed by atoms with Crippen LogP contribution in [0, 0.1) is 6.92 Å². The van der Waals surface area contributed by atoms with E-state index in [2.05, 4.69) is 135 Å². The van der Waals surface area contributed by atoms with Gasteiger partial charge in [-0.3, -0.25) is 9.36 Å². The molecule has 18 nitrogen and oxygen atoms in total. The monoisotopic (exact) mass is 956 g/mol. The third-order valence-electron chi connectivity index (χ3n) is 14.7. The summed E-state index contributed by atoms with van der Waals surface area (Å²) in [6.07, 6.45) is 21.8. The van der Waals surface area contributed by atoms with Gasteiger partial charge in [0.2, 0.25) is 11.9 Å². The number of piperazine rings is 2. The van der Waals surface area contributed by atoms with Crippen LogP contribution in [0.3, 0.4) is 0 Å². The molecule has 0 N–H and O–H groups in total. The molecule has 0 spiro atoms. The average molecular weight is 957 g/mol. The Labute approximate surface area is 417 Å². The highest BCUT2D eigenvalue weighted by Gasteiger charge is 2.29. The minimum atomic E-state index is -0.313. The molecule has 2 aromatic carbocycles. The highest BCUT2D eigenvalue weighted by Crippen LogP contribution is 2.35. The van der Waals surface area contributed by atoms with Gasteiger partial charge in [0, 0.05) is 149 Å². The summed E-state index contributed by atoms with van der Waals surface area (Å²) in [6, 6.07) is 22.1. The van der Waals surface area contributed by atoms with E-state index in [1.54, 1.807) is 12.7 Å². The predicted octanol–water partition coefficient (Wildman–Crippen LogP) is 7.09. The van der Waals surface area contributed by atoms with Crippen LogP contribution in [0.15, 0.2) is 129 Å². The Bertz CT molecular complexity index is 3540. The zero-order valence-corrected chi connectivity index (χ0v) is 41.4. The number of aromatic nitrogens is 14. The fourth-order valence-corrected chi connectivity index (χ4v) is 10.2. The Kier molecular flexibility index (Phi) is 11.2. The molecule has 2 saturated heterocycles. The van der Waals surface area contributed by atoms with Crippen LogP contribution in [0.2, 0.25) is 0 Å². The fraction of sp³-hybridized carbons (Fsp3) is 0.296. The van der Waals surface area contributed by atoms with E-state index in [4.69, 9.17) is 29.9 Å².